The molecule has 0 spiro atoms. The summed E-state index contributed by atoms with van der Waals surface area (Å²) >= 11 is 1.64. The summed E-state index contributed by atoms with van der Waals surface area (Å²) in [6.07, 6.45) is 6.13. The predicted octanol–water partition coefficient (Wildman–Crippen LogP) is 2.91. The average Bonchev–Trinajstić information content (AvgIpc) is 2.83. The van der Waals surface area contributed by atoms with E-state index in [-0.39, 0.29) is 18.1 Å². The van der Waals surface area contributed by atoms with Crippen LogP contribution in [0.15, 0.2) is 6.07 Å². The summed E-state index contributed by atoms with van der Waals surface area (Å²) < 4.78 is 0. The van der Waals surface area contributed by atoms with Crippen LogP contribution in [0, 0.1) is 0 Å². The number of nitrogens with one attached hydrogen (secondary N) is 1. The summed E-state index contributed by atoms with van der Waals surface area (Å²) in [7, 11) is 0. The number of hydrogen-bond acceptors (Lipinski definition) is 3. The maximum absolute atomic E-state index is 12.3. The van der Waals surface area contributed by atoms with Crippen LogP contribution in [0.1, 0.15) is 59.6 Å². The number of hydrogen-bond donors (Lipinski definition) is 2. The first kappa shape index (κ1) is 14.5. The summed E-state index contributed by atoms with van der Waals surface area (Å²) in [5, 5.41) is 12.2. The molecule has 0 fully saturated rings. The number of thiophene rings is 1. The van der Waals surface area contributed by atoms with E-state index in [9.17, 15) is 4.79 Å². The molecule has 1 aliphatic carbocycles. The third kappa shape index (κ3) is 3.37. The van der Waals surface area contributed by atoms with Crippen LogP contribution in [0.2, 0.25) is 0 Å². The maximum atomic E-state index is 12.3. The van der Waals surface area contributed by atoms with Crippen LogP contribution in [0.4, 0.5) is 0 Å². The van der Waals surface area contributed by atoms with Gasteiger partial charge >= 0.3 is 0 Å². The highest BCUT2D eigenvalue weighted by molar-refractivity contribution is 7.14. The molecule has 1 atom stereocenters. The van der Waals surface area contributed by atoms with Crippen molar-refractivity contribution in [2.75, 3.05) is 6.61 Å². The lowest BCUT2D eigenvalue weighted by atomic mass is 9.94. The van der Waals surface area contributed by atoms with Crippen LogP contribution in [-0.4, -0.2) is 23.2 Å². The van der Waals surface area contributed by atoms with Crippen molar-refractivity contribution in [2.24, 2.45) is 0 Å². The Balaban J connectivity index is 2.09. The van der Waals surface area contributed by atoms with Crippen LogP contribution in [0.25, 0.3) is 0 Å². The Labute approximate surface area is 119 Å². The third-order valence-corrected chi connectivity index (χ3v) is 5.32. The van der Waals surface area contributed by atoms with Crippen molar-refractivity contribution >= 4 is 17.2 Å². The second kappa shape index (κ2) is 6.06. The number of amides is 1. The molecule has 0 aliphatic heterocycles. The van der Waals surface area contributed by atoms with Crippen LogP contribution in [0.5, 0.6) is 0 Å². The fraction of sp³-hybridized carbons (Fsp3) is 0.667. The Hall–Kier alpha value is -0.870. The van der Waals surface area contributed by atoms with Gasteiger partial charge in [-0.1, -0.05) is 6.92 Å². The van der Waals surface area contributed by atoms with E-state index >= 15 is 0 Å². The molecule has 4 heteroatoms. The van der Waals surface area contributed by atoms with E-state index in [1.807, 2.05) is 13.8 Å². The topological polar surface area (TPSA) is 49.3 Å². The van der Waals surface area contributed by atoms with E-state index in [0.717, 1.165) is 24.1 Å². The summed E-state index contributed by atoms with van der Waals surface area (Å²) in [5.74, 6) is 0.0113. The van der Waals surface area contributed by atoms with E-state index in [1.165, 1.54) is 23.3 Å². The van der Waals surface area contributed by atoms with E-state index in [0.29, 0.717) is 6.42 Å². The minimum atomic E-state index is -0.309. The molecule has 3 nitrogen and oxygen atoms in total. The van der Waals surface area contributed by atoms with Gasteiger partial charge in [0.25, 0.3) is 5.91 Å². The van der Waals surface area contributed by atoms with E-state index < -0.39 is 0 Å². The summed E-state index contributed by atoms with van der Waals surface area (Å²) in [5.41, 5.74) is 1.05. The van der Waals surface area contributed by atoms with Crippen molar-refractivity contribution in [1.82, 2.24) is 5.32 Å². The summed E-state index contributed by atoms with van der Waals surface area (Å²) in [6, 6.07) is 2.06. The van der Waals surface area contributed by atoms with Gasteiger partial charge in [0.2, 0.25) is 0 Å². The summed E-state index contributed by atoms with van der Waals surface area (Å²) in [4.78, 5) is 14.5. The van der Waals surface area contributed by atoms with Gasteiger partial charge in [-0.3, -0.25) is 4.79 Å². The van der Waals surface area contributed by atoms with Gasteiger partial charge in [0, 0.05) is 17.0 Å². The van der Waals surface area contributed by atoms with Gasteiger partial charge in [-0.2, -0.15) is 0 Å². The third-order valence-electron chi connectivity index (χ3n) is 4.08. The fourth-order valence-electron chi connectivity index (χ4n) is 2.51. The molecule has 1 aliphatic rings. The lowest BCUT2D eigenvalue weighted by Gasteiger charge is -2.28. The van der Waals surface area contributed by atoms with Gasteiger partial charge in [0.15, 0.2) is 0 Å². The first-order valence-electron chi connectivity index (χ1n) is 7.13. The normalized spacial score (nSPS) is 17.6. The molecule has 0 radical (unpaired) electrons. The Morgan fingerprint density at radius 1 is 1.47 bits per heavy atom. The van der Waals surface area contributed by atoms with Gasteiger partial charge in [0.05, 0.1) is 4.88 Å². The van der Waals surface area contributed by atoms with Crippen LogP contribution in [-0.2, 0) is 12.8 Å². The van der Waals surface area contributed by atoms with Gasteiger partial charge < -0.3 is 10.4 Å². The molecule has 19 heavy (non-hydrogen) atoms. The molecule has 1 amide bonds. The zero-order valence-electron chi connectivity index (χ0n) is 11.8. The second-order valence-corrected chi connectivity index (χ2v) is 6.74. The molecule has 1 aromatic rings. The zero-order valence-corrected chi connectivity index (χ0v) is 12.6. The molecule has 2 rings (SSSR count). The van der Waals surface area contributed by atoms with Crippen molar-refractivity contribution in [1.29, 1.82) is 0 Å². The Morgan fingerprint density at radius 3 is 2.84 bits per heavy atom. The van der Waals surface area contributed by atoms with Crippen molar-refractivity contribution in [3.05, 3.63) is 21.4 Å². The molecule has 106 valence electrons. The van der Waals surface area contributed by atoms with Crippen molar-refractivity contribution < 1.29 is 9.90 Å². The molecule has 0 saturated carbocycles. The number of fused-ring (bicyclic) bond motifs is 1. The molecule has 0 aromatic carbocycles. The predicted molar refractivity (Wildman–Crippen MR) is 78.8 cm³/mol. The van der Waals surface area contributed by atoms with Crippen LogP contribution < -0.4 is 5.32 Å². The Bertz CT molecular complexity index is 431. The quantitative estimate of drug-likeness (QED) is 0.872. The molecule has 1 unspecified atom stereocenters. The highest BCUT2D eigenvalue weighted by Crippen LogP contribution is 2.30. The van der Waals surface area contributed by atoms with Gasteiger partial charge in [-0.15, -0.1) is 11.3 Å². The lowest BCUT2D eigenvalue weighted by Crippen LogP contribution is -2.45. The smallest absolute Gasteiger partial charge is 0.261 e. The minimum absolute atomic E-state index is 0.0113. The van der Waals surface area contributed by atoms with Crippen LogP contribution in [0.3, 0.4) is 0 Å². The fourth-order valence-corrected chi connectivity index (χ4v) is 3.66. The number of rotatable bonds is 5. The highest BCUT2D eigenvalue weighted by atomic mass is 32.1. The van der Waals surface area contributed by atoms with Crippen molar-refractivity contribution in [2.45, 2.75) is 57.9 Å². The van der Waals surface area contributed by atoms with Gasteiger partial charge in [-0.05, 0) is 57.1 Å². The molecule has 1 aromatic heterocycles. The molecule has 1 heterocycles. The van der Waals surface area contributed by atoms with Gasteiger partial charge in [-0.25, -0.2) is 0 Å². The first-order chi connectivity index (χ1) is 9.08. The number of carbonyl (C=O) groups is 1. The molecule has 0 bridgehead atoms. The largest absolute Gasteiger partial charge is 0.396 e. The molecular formula is C15H23NO2S. The van der Waals surface area contributed by atoms with Crippen molar-refractivity contribution in [3.63, 3.8) is 0 Å². The van der Waals surface area contributed by atoms with Crippen molar-refractivity contribution in [3.8, 4) is 0 Å². The zero-order chi connectivity index (χ0) is 13.9. The molecule has 0 saturated heterocycles. The minimum Gasteiger partial charge on any atom is -0.396 e. The van der Waals surface area contributed by atoms with E-state index in [4.69, 9.17) is 5.11 Å². The number of aliphatic hydroxyl groups excluding tert-OH is 1. The van der Waals surface area contributed by atoms with E-state index in [1.54, 1.807) is 11.3 Å². The molecule has 2 N–H and O–H groups in total. The SMILES string of the molecule is CCC(C)(CCO)NC(=O)c1cc2c(s1)CCCC2. The van der Waals surface area contributed by atoms with Crippen LogP contribution >= 0.6 is 11.3 Å². The summed E-state index contributed by atoms with van der Waals surface area (Å²) in [6.45, 7) is 4.13. The standard InChI is InChI=1S/C15H23NO2S/c1-3-15(2,8-9-17)16-14(18)13-10-11-6-4-5-7-12(11)19-13/h10,17H,3-9H2,1-2H3,(H,16,18). The Kier molecular flexibility index (Phi) is 4.63. The van der Waals surface area contributed by atoms with Gasteiger partial charge in [0.1, 0.15) is 0 Å². The second-order valence-electron chi connectivity index (χ2n) is 5.61. The Morgan fingerprint density at radius 2 is 2.21 bits per heavy atom. The highest BCUT2D eigenvalue weighted by Gasteiger charge is 2.26. The molecular weight excluding hydrogens is 258 g/mol. The average molecular weight is 281 g/mol. The lowest BCUT2D eigenvalue weighted by molar-refractivity contribution is 0.0890. The number of aryl methyl sites for hydroxylation is 2. The first-order valence-corrected chi connectivity index (χ1v) is 7.94. The number of carbonyl (C=O) groups excluding carboxylic acids is 1. The van der Waals surface area contributed by atoms with E-state index in [2.05, 4.69) is 11.4 Å². The maximum Gasteiger partial charge on any atom is 0.261 e. The monoisotopic (exact) mass is 281 g/mol. The number of aliphatic hydroxyl groups is 1.